The highest BCUT2D eigenvalue weighted by Crippen LogP contribution is 2.34. The smallest absolute Gasteiger partial charge is 0.264 e. The molecule has 5 rings (SSSR count). The summed E-state index contributed by atoms with van der Waals surface area (Å²) in [4.78, 5) is 30.5. The number of hydrogen-bond donors (Lipinski definition) is 1. The van der Waals surface area contributed by atoms with E-state index in [9.17, 15) is 18.0 Å². The second kappa shape index (κ2) is 16.1. The summed E-state index contributed by atoms with van der Waals surface area (Å²) in [7, 11) is -2.85. The van der Waals surface area contributed by atoms with Gasteiger partial charge in [-0.2, -0.15) is 0 Å². The van der Waals surface area contributed by atoms with Crippen LogP contribution < -0.4 is 14.4 Å². The number of sulfonamides is 1. The minimum atomic E-state index is -4.30. The Balaban J connectivity index is 1.62. The number of anilines is 1. The molecule has 0 unspecified atom stereocenters. The molecular weight excluding hydrogens is 681 g/mol. The second-order valence-electron chi connectivity index (χ2n) is 12.5. The standard InChI is InChI=1S/C38H41Cl2N3O5S/c1-26-13-18-32(19-14-26)49(46,47)43(34-21-27(2)15-20-36(34)48-3)25-37(44)42(24-29-16-17-30(39)23-33(29)40)35(22-28-9-5-4-6-10-28)38(45)41-31-11-7-8-12-31/h4-6,9-10,13-21,23,31,35H,7-8,11-12,22,24-25H2,1-3H3,(H,41,45)/t35-/m1/s1. The van der Waals surface area contributed by atoms with Gasteiger partial charge in [-0.3, -0.25) is 13.9 Å². The summed E-state index contributed by atoms with van der Waals surface area (Å²) in [5.74, 6) is -0.621. The van der Waals surface area contributed by atoms with Gasteiger partial charge in [-0.15, -0.1) is 0 Å². The highest BCUT2D eigenvalue weighted by molar-refractivity contribution is 7.92. The molecule has 0 saturated heterocycles. The van der Waals surface area contributed by atoms with Crippen molar-refractivity contribution < 1.29 is 22.7 Å². The van der Waals surface area contributed by atoms with Gasteiger partial charge in [-0.25, -0.2) is 8.42 Å². The van der Waals surface area contributed by atoms with Crippen LogP contribution in [0.1, 0.15) is 47.9 Å². The number of amides is 2. The van der Waals surface area contributed by atoms with E-state index >= 15 is 0 Å². The molecule has 11 heteroatoms. The molecule has 0 bridgehead atoms. The Morgan fingerprint density at radius 3 is 2.22 bits per heavy atom. The Morgan fingerprint density at radius 2 is 1.57 bits per heavy atom. The number of rotatable bonds is 13. The Kier molecular flexibility index (Phi) is 11.9. The van der Waals surface area contributed by atoms with Crippen LogP contribution in [0, 0.1) is 13.8 Å². The average molecular weight is 723 g/mol. The van der Waals surface area contributed by atoms with Crippen molar-refractivity contribution in [2.24, 2.45) is 0 Å². The van der Waals surface area contributed by atoms with Gasteiger partial charge in [0.05, 0.1) is 17.7 Å². The van der Waals surface area contributed by atoms with Gasteiger partial charge in [0.1, 0.15) is 18.3 Å². The van der Waals surface area contributed by atoms with Crippen molar-refractivity contribution in [3.05, 3.63) is 123 Å². The Hall–Kier alpha value is -4.05. The normalized spacial score (nSPS) is 13.9. The summed E-state index contributed by atoms with van der Waals surface area (Å²) in [6.45, 7) is 3.03. The summed E-state index contributed by atoms with van der Waals surface area (Å²) in [6, 6.07) is 25.0. The number of halogens is 2. The number of carbonyl (C=O) groups excluding carboxylic acids is 2. The first-order chi connectivity index (χ1) is 23.5. The summed E-state index contributed by atoms with van der Waals surface area (Å²) >= 11 is 12.9. The summed E-state index contributed by atoms with van der Waals surface area (Å²) in [5.41, 5.74) is 3.27. The third-order valence-electron chi connectivity index (χ3n) is 8.82. The molecular formula is C38H41Cl2N3O5S. The highest BCUT2D eigenvalue weighted by atomic mass is 35.5. The molecule has 2 amide bonds. The lowest BCUT2D eigenvalue weighted by Gasteiger charge is -2.35. The largest absolute Gasteiger partial charge is 0.495 e. The number of nitrogens with one attached hydrogen (secondary N) is 1. The van der Waals surface area contributed by atoms with Gasteiger partial charge in [-0.05, 0) is 79.8 Å². The van der Waals surface area contributed by atoms with Crippen molar-refractivity contribution in [2.45, 2.75) is 69.5 Å². The summed E-state index contributed by atoms with van der Waals surface area (Å²) in [6.07, 6.45) is 3.95. The van der Waals surface area contributed by atoms with Crippen LogP contribution >= 0.6 is 23.2 Å². The highest BCUT2D eigenvalue weighted by Gasteiger charge is 2.36. The number of carbonyl (C=O) groups is 2. The summed E-state index contributed by atoms with van der Waals surface area (Å²) < 4.78 is 35.6. The van der Waals surface area contributed by atoms with E-state index in [1.165, 1.54) is 24.1 Å². The first kappa shape index (κ1) is 36.2. The molecule has 1 N–H and O–H groups in total. The quantitative estimate of drug-likeness (QED) is 0.154. The van der Waals surface area contributed by atoms with Gasteiger partial charge in [-0.1, -0.05) is 96.2 Å². The van der Waals surface area contributed by atoms with E-state index in [0.717, 1.165) is 46.7 Å². The van der Waals surface area contributed by atoms with E-state index in [2.05, 4.69) is 5.32 Å². The van der Waals surface area contributed by atoms with Gasteiger partial charge in [0.2, 0.25) is 11.8 Å². The number of methoxy groups -OCH3 is 1. The van der Waals surface area contributed by atoms with Crippen molar-refractivity contribution in [3.63, 3.8) is 0 Å². The second-order valence-corrected chi connectivity index (χ2v) is 15.2. The van der Waals surface area contributed by atoms with Crippen molar-refractivity contribution >= 4 is 50.7 Å². The van der Waals surface area contributed by atoms with Crippen molar-refractivity contribution in [3.8, 4) is 5.75 Å². The lowest BCUT2D eigenvalue weighted by atomic mass is 10.0. The number of ether oxygens (including phenoxy) is 1. The van der Waals surface area contributed by atoms with Crippen LogP contribution in [0.15, 0.2) is 95.9 Å². The zero-order chi connectivity index (χ0) is 35.1. The van der Waals surface area contributed by atoms with E-state index < -0.39 is 28.5 Å². The zero-order valence-electron chi connectivity index (χ0n) is 27.9. The molecule has 49 heavy (non-hydrogen) atoms. The molecule has 0 heterocycles. The molecule has 1 atom stereocenters. The topological polar surface area (TPSA) is 96.0 Å². The van der Waals surface area contributed by atoms with Gasteiger partial charge in [0, 0.05) is 29.1 Å². The Labute approximate surface area is 299 Å². The van der Waals surface area contributed by atoms with Gasteiger partial charge >= 0.3 is 0 Å². The maximum atomic E-state index is 14.8. The van der Waals surface area contributed by atoms with E-state index in [0.29, 0.717) is 15.6 Å². The van der Waals surface area contributed by atoms with E-state index in [-0.39, 0.29) is 41.2 Å². The first-order valence-electron chi connectivity index (χ1n) is 16.3. The number of hydrogen-bond acceptors (Lipinski definition) is 5. The minimum absolute atomic E-state index is 0.00295. The Morgan fingerprint density at radius 1 is 0.898 bits per heavy atom. The third-order valence-corrected chi connectivity index (χ3v) is 11.2. The fourth-order valence-corrected chi connectivity index (χ4v) is 7.99. The molecule has 1 aliphatic carbocycles. The average Bonchev–Trinajstić information content (AvgIpc) is 3.59. The predicted molar refractivity (Wildman–Crippen MR) is 195 cm³/mol. The van der Waals surface area contributed by atoms with Crippen molar-refractivity contribution in [1.82, 2.24) is 10.2 Å². The van der Waals surface area contributed by atoms with E-state index in [1.54, 1.807) is 48.5 Å². The third kappa shape index (κ3) is 8.95. The number of benzene rings is 4. The SMILES string of the molecule is COc1ccc(C)cc1N(CC(=O)N(Cc1ccc(Cl)cc1Cl)[C@H](Cc1ccccc1)C(=O)NC1CCCC1)S(=O)(=O)c1ccc(C)cc1. The van der Waals surface area contributed by atoms with Crippen molar-refractivity contribution in [1.29, 1.82) is 0 Å². The summed E-state index contributed by atoms with van der Waals surface area (Å²) in [5, 5.41) is 3.93. The van der Waals surface area contributed by atoms with Crippen LogP contribution in [0.5, 0.6) is 5.75 Å². The first-order valence-corrected chi connectivity index (χ1v) is 18.5. The maximum absolute atomic E-state index is 14.8. The maximum Gasteiger partial charge on any atom is 0.264 e. The molecule has 1 fully saturated rings. The lowest BCUT2D eigenvalue weighted by molar-refractivity contribution is -0.140. The van der Waals surface area contributed by atoms with E-state index in [1.807, 2.05) is 44.2 Å². The minimum Gasteiger partial charge on any atom is -0.495 e. The molecule has 1 aliphatic rings. The molecule has 258 valence electrons. The monoisotopic (exact) mass is 721 g/mol. The van der Waals surface area contributed by atoms with Crippen molar-refractivity contribution in [2.75, 3.05) is 18.0 Å². The van der Waals surface area contributed by atoms with Gasteiger partial charge in [0.25, 0.3) is 10.0 Å². The fourth-order valence-electron chi connectivity index (χ4n) is 6.10. The van der Waals surface area contributed by atoms with Crippen LogP contribution in [-0.4, -0.2) is 50.9 Å². The van der Waals surface area contributed by atoms with Crippen LogP contribution in [0.2, 0.25) is 10.0 Å². The number of nitrogens with zero attached hydrogens (tertiary/aromatic N) is 2. The van der Waals surface area contributed by atoms with Gasteiger partial charge < -0.3 is 15.0 Å². The molecule has 8 nitrogen and oxygen atoms in total. The molecule has 1 saturated carbocycles. The Bertz CT molecular complexity index is 1880. The molecule has 4 aromatic rings. The molecule has 0 radical (unpaired) electrons. The van der Waals surface area contributed by atoms with Crippen LogP contribution in [0.4, 0.5) is 5.69 Å². The van der Waals surface area contributed by atoms with Gasteiger partial charge in [0.15, 0.2) is 0 Å². The predicted octanol–water partition coefficient (Wildman–Crippen LogP) is 7.51. The van der Waals surface area contributed by atoms with E-state index in [4.69, 9.17) is 27.9 Å². The zero-order valence-corrected chi connectivity index (χ0v) is 30.2. The molecule has 4 aromatic carbocycles. The lowest BCUT2D eigenvalue weighted by Crippen LogP contribution is -2.54. The molecule has 0 aliphatic heterocycles. The number of aryl methyl sites for hydroxylation is 2. The molecule has 0 aromatic heterocycles. The van der Waals surface area contributed by atoms with Crippen LogP contribution in [0.3, 0.4) is 0 Å². The van der Waals surface area contributed by atoms with Crippen LogP contribution in [-0.2, 0) is 32.6 Å². The fraction of sp³-hybridized carbons (Fsp3) is 0.316. The van der Waals surface area contributed by atoms with Crippen LogP contribution in [0.25, 0.3) is 0 Å². The molecule has 0 spiro atoms.